The number of amides is 1. The summed E-state index contributed by atoms with van der Waals surface area (Å²) in [5, 5.41) is 6.20. The number of rotatable bonds is 5. The van der Waals surface area contributed by atoms with Crippen LogP contribution in [-0.2, 0) is 11.2 Å². The fourth-order valence-electron chi connectivity index (χ4n) is 2.45. The van der Waals surface area contributed by atoms with Crippen molar-refractivity contribution in [3.8, 4) is 0 Å². The number of carbonyl (C=O) groups excluding carboxylic acids is 1. The van der Waals surface area contributed by atoms with Crippen LogP contribution in [0.2, 0.25) is 0 Å². The van der Waals surface area contributed by atoms with Crippen LogP contribution < -0.4 is 10.6 Å². The number of aryl methyl sites for hydroxylation is 3. The molecule has 0 spiro atoms. The Bertz CT molecular complexity index is 627. The molecule has 1 atom stereocenters. The summed E-state index contributed by atoms with van der Waals surface area (Å²) >= 11 is 0. The lowest BCUT2D eigenvalue weighted by molar-refractivity contribution is -0.116. The number of anilines is 2. The number of hydrogen-bond donors (Lipinski definition) is 2. The molecule has 116 valence electrons. The van der Waals surface area contributed by atoms with Crippen LogP contribution in [0.15, 0.2) is 42.5 Å². The van der Waals surface area contributed by atoms with Gasteiger partial charge in [-0.2, -0.15) is 0 Å². The lowest BCUT2D eigenvalue weighted by Crippen LogP contribution is -2.31. The molecular weight excluding hydrogens is 272 g/mol. The van der Waals surface area contributed by atoms with Crippen LogP contribution in [0, 0.1) is 13.8 Å². The molecule has 22 heavy (non-hydrogen) atoms. The first-order chi connectivity index (χ1) is 10.5. The maximum atomic E-state index is 12.3. The van der Waals surface area contributed by atoms with E-state index >= 15 is 0 Å². The van der Waals surface area contributed by atoms with Gasteiger partial charge in [0.25, 0.3) is 0 Å². The Hall–Kier alpha value is -2.29. The maximum Gasteiger partial charge on any atom is 0.246 e. The van der Waals surface area contributed by atoms with Crippen molar-refractivity contribution in [2.24, 2.45) is 0 Å². The molecule has 0 heterocycles. The molecule has 0 aliphatic rings. The van der Waals surface area contributed by atoms with E-state index in [9.17, 15) is 4.79 Å². The van der Waals surface area contributed by atoms with Crippen molar-refractivity contribution in [1.29, 1.82) is 0 Å². The predicted octanol–water partition coefficient (Wildman–Crippen LogP) is 4.30. The molecule has 2 N–H and O–H groups in total. The zero-order valence-corrected chi connectivity index (χ0v) is 13.7. The summed E-state index contributed by atoms with van der Waals surface area (Å²) in [6.45, 7) is 8.09. The van der Waals surface area contributed by atoms with Gasteiger partial charge in [0, 0.05) is 11.4 Å². The minimum atomic E-state index is -0.299. The number of hydrogen-bond acceptors (Lipinski definition) is 2. The summed E-state index contributed by atoms with van der Waals surface area (Å²) in [5.41, 5.74) is 5.44. The molecule has 0 unspecified atom stereocenters. The summed E-state index contributed by atoms with van der Waals surface area (Å²) in [5.74, 6) is -0.0385. The Kier molecular flexibility index (Phi) is 5.21. The van der Waals surface area contributed by atoms with Gasteiger partial charge in [0.2, 0.25) is 5.91 Å². The van der Waals surface area contributed by atoms with Crippen molar-refractivity contribution < 1.29 is 4.79 Å². The molecule has 0 saturated carbocycles. The topological polar surface area (TPSA) is 41.1 Å². The lowest BCUT2D eigenvalue weighted by Gasteiger charge is -2.16. The molecular formula is C19H24N2O. The SMILES string of the molecule is CCc1ccc(NC(=O)[C@H](C)Nc2cc(C)cc(C)c2)cc1. The van der Waals surface area contributed by atoms with Crippen molar-refractivity contribution in [3.05, 3.63) is 59.2 Å². The second kappa shape index (κ2) is 7.12. The van der Waals surface area contributed by atoms with Gasteiger partial charge in [-0.05, 0) is 68.1 Å². The van der Waals surface area contributed by atoms with Crippen LogP contribution >= 0.6 is 0 Å². The Morgan fingerprint density at radius 1 is 1.00 bits per heavy atom. The lowest BCUT2D eigenvalue weighted by atomic mass is 10.1. The summed E-state index contributed by atoms with van der Waals surface area (Å²) in [6, 6.07) is 13.9. The van der Waals surface area contributed by atoms with E-state index in [-0.39, 0.29) is 11.9 Å². The maximum absolute atomic E-state index is 12.3. The molecule has 0 aromatic heterocycles. The summed E-state index contributed by atoms with van der Waals surface area (Å²) in [6.07, 6.45) is 0.999. The highest BCUT2D eigenvalue weighted by Crippen LogP contribution is 2.16. The van der Waals surface area contributed by atoms with E-state index in [0.29, 0.717) is 0 Å². The Morgan fingerprint density at radius 2 is 1.59 bits per heavy atom. The Morgan fingerprint density at radius 3 is 2.14 bits per heavy atom. The number of nitrogens with one attached hydrogen (secondary N) is 2. The van der Waals surface area contributed by atoms with E-state index in [2.05, 4.69) is 37.5 Å². The second-order valence-electron chi connectivity index (χ2n) is 5.78. The molecule has 1 amide bonds. The van der Waals surface area contributed by atoms with Crippen molar-refractivity contribution in [2.45, 2.75) is 40.2 Å². The molecule has 0 fully saturated rings. The van der Waals surface area contributed by atoms with Crippen LogP contribution in [0.1, 0.15) is 30.5 Å². The highest BCUT2D eigenvalue weighted by Gasteiger charge is 2.13. The van der Waals surface area contributed by atoms with Gasteiger partial charge >= 0.3 is 0 Å². The predicted molar refractivity (Wildman–Crippen MR) is 93.5 cm³/mol. The highest BCUT2D eigenvalue weighted by atomic mass is 16.2. The van der Waals surface area contributed by atoms with E-state index in [4.69, 9.17) is 0 Å². The summed E-state index contributed by atoms with van der Waals surface area (Å²) < 4.78 is 0. The number of benzene rings is 2. The fourth-order valence-corrected chi connectivity index (χ4v) is 2.45. The van der Waals surface area contributed by atoms with E-state index in [1.807, 2.05) is 43.3 Å². The van der Waals surface area contributed by atoms with Crippen molar-refractivity contribution in [1.82, 2.24) is 0 Å². The monoisotopic (exact) mass is 296 g/mol. The van der Waals surface area contributed by atoms with Gasteiger partial charge in [0.15, 0.2) is 0 Å². The van der Waals surface area contributed by atoms with Crippen LogP contribution in [-0.4, -0.2) is 11.9 Å². The van der Waals surface area contributed by atoms with Crippen LogP contribution in [0.3, 0.4) is 0 Å². The normalized spacial score (nSPS) is 11.8. The quantitative estimate of drug-likeness (QED) is 0.863. The standard InChI is InChI=1S/C19H24N2O/c1-5-16-6-8-17(9-7-16)21-19(22)15(4)20-18-11-13(2)10-14(3)12-18/h6-12,15,20H,5H2,1-4H3,(H,21,22)/t15-/m0/s1. The third-order valence-electron chi connectivity index (χ3n) is 3.63. The smallest absolute Gasteiger partial charge is 0.246 e. The van der Waals surface area contributed by atoms with Gasteiger partial charge in [-0.15, -0.1) is 0 Å². The van der Waals surface area contributed by atoms with E-state index in [1.54, 1.807) is 0 Å². The Balaban J connectivity index is 1.99. The molecule has 0 aliphatic carbocycles. The van der Waals surface area contributed by atoms with Crippen molar-refractivity contribution in [3.63, 3.8) is 0 Å². The largest absolute Gasteiger partial charge is 0.374 e. The van der Waals surface area contributed by atoms with E-state index in [0.717, 1.165) is 17.8 Å². The molecule has 3 nitrogen and oxygen atoms in total. The zero-order valence-electron chi connectivity index (χ0n) is 13.7. The minimum absolute atomic E-state index is 0.0385. The van der Waals surface area contributed by atoms with E-state index in [1.165, 1.54) is 16.7 Å². The van der Waals surface area contributed by atoms with Gasteiger partial charge in [0.05, 0.1) is 0 Å². The van der Waals surface area contributed by atoms with E-state index < -0.39 is 0 Å². The van der Waals surface area contributed by atoms with Crippen LogP contribution in [0.4, 0.5) is 11.4 Å². The number of carbonyl (C=O) groups is 1. The summed E-state index contributed by atoms with van der Waals surface area (Å²) in [4.78, 5) is 12.3. The molecule has 2 aromatic rings. The first-order valence-electron chi connectivity index (χ1n) is 7.72. The first-order valence-corrected chi connectivity index (χ1v) is 7.72. The van der Waals surface area contributed by atoms with Gasteiger partial charge in [-0.3, -0.25) is 4.79 Å². The average Bonchev–Trinajstić information content (AvgIpc) is 2.46. The zero-order chi connectivity index (χ0) is 16.1. The molecule has 3 heteroatoms. The molecule has 0 aliphatic heterocycles. The third kappa shape index (κ3) is 4.35. The fraction of sp³-hybridized carbons (Fsp3) is 0.316. The van der Waals surface area contributed by atoms with Gasteiger partial charge in [-0.25, -0.2) is 0 Å². The minimum Gasteiger partial charge on any atom is -0.374 e. The van der Waals surface area contributed by atoms with Gasteiger partial charge in [0.1, 0.15) is 6.04 Å². The Labute approximate surface area is 132 Å². The van der Waals surface area contributed by atoms with Gasteiger partial charge < -0.3 is 10.6 Å². The first kappa shape index (κ1) is 16.1. The molecule has 2 rings (SSSR count). The second-order valence-corrected chi connectivity index (χ2v) is 5.78. The average molecular weight is 296 g/mol. The van der Waals surface area contributed by atoms with Gasteiger partial charge in [-0.1, -0.05) is 25.1 Å². The summed E-state index contributed by atoms with van der Waals surface area (Å²) in [7, 11) is 0. The van der Waals surface area contributed by atoms with Crippen LogP contribution in [0.5, 0.6) is 0 Å². The van der Waals surface area contributed by atoms with Crippen molar-refractivity contribution >= 4 is 17.3 Å². The molecule has 0 radical (unpaired) electrons. The van der Waals surface area contributed by atoms with Crippen molar-refractivity contribution in [2.75, 3.05) is 10.6 Å². The third-order valence-corrected chi connectivity index (χ3v) is 3.63. The molecule has 0 saturated heterocycles. The van der Waals surface area contributed by atoms with Crippen LogP contribution in [0.25, 0.3) is 0 Å². The highest BCUT2D eigenvalue weighted by molar-refractivity contribution is 5.96. The molecule has 0 bridgehead atoms. The molecule has 2 aromatic carbocycles.